The Balaban J connectivity index is 1.74. The highest BCUT2D eigenvalue weighted by Gasteiger charge is 2.38. The Hall–Kier alpha value is -3.21. The van der Waals surface area contributed by atoms with E-state index in [9.17, 15) is 19.2 Å². The zero-order valence-electron chi connectivity index (χ0n) is 26.8. The van der Waals surface area contributed by atoms with Crippen LogP contribution in [0.2, 0.25) is 0 Å². The van der Waals surface area contributed by atoms with Crippen molar-refractivity contribution in [3.8, 4) is 11.5 Å². The van der Waals surface area contributed by atoms with Crippen molar-refractivity contribution < 1.29 is 47.6 Å². The molecule has 3 rings (SSSR count). The van der Waals surface area contributed by atoms with E-state index in [4.69, 9.17) is 28.4 Å². The van der Waals surface area contributed by atoms with Gasteiger partial charge in [-0.05, 0) is 44.9 Å². The van der Waals surface area contributed by atoms with Crippen molar-refractivity contribution >= 4 is 23.7 Å². The number of esters is 3. The van der Waals surface area contributed by atoms with Gasteiger partial charge < -0.3 is 28.4 Å². The molecule has 4 atom stereocenters. The van der Waals surface area contributed by atoms with E-state index in [1.54, 1.807) is 27.7 Å². The number of rotatable bonds is 14. The lowest BCUT2D eigenvalue weighted by atomic mass is 9.82. The van der Waals surface area contributed by atoms with E-state index < -0.39 is 42.6 Å². The lowest BCUT2D eigenvalue weighted by Crippen LogP contribution is -2.42. The van der Waals surface area contributed by atoms with Crippen LogP contribution in [-0.4, -0.2) is 68.0 Å². The van der Waals surface area contributed by atoms with E-state index in [1.165, 1.54) is 45.1 Å². The number of hydrogen-bond donors (Lipinski definition) is 0. The van der Waals surface area contributed by atoms with Crippen molar-refractivity contribution in [3.05, 3.63) is 18.0 Å². The Morgan fingerprint density at radius 1 is 1.07 bits per heavy atom. The molecule has 1 aliphatic heterocycles. The summed E-state index contributed by atoms with van der Waals surface area (Å²) in [7, 11) is 1.42. The van der Waals surface area contributed by atoms with Crippen molar-refractivity contribution in [1.82, 2.24) is 4.98 Å². The molecule has 0 radical (unpaired) electrons. The minimum absolute atomic E-state index is 0.0150. The number of aromatic nitrogens is 1. The van der Waals surface area contributed by atoms with E-state index in [1.807, 2.05) is 0 Å². The predicted octanol–water partition coefficient (Wildman–Crippen LogP) is 5.47. The Bertz CT molecular complexity index is 1100. The standard InChI is InChI=1S/C33H49NO10/c1-6-40-19-28(36)41-20-42-31-27(39-5)15-16-34-29(31)26(35)18-25-14-10-9-13-24(17-23-11-7-8-12-23)30(22(4)43-33(25)38)44-32(37)21(2)3/h15-16,21-25,30H,6-14,17-20H2,1-5H3/t22-,24+,25+,30-/m0/s1. The monoisotopic (exact) mass is 619 g/mol. The molecule has 1 saturated heterocycles. The molecule has 11 nitrogen and oxygen atoms in total. The van der Waals surface area contributed by atoms with E-state index >= 15 is 0 Å². The van der Waals surface area contributed by atoms with Gasteiger partial charge in [-0.2, -0.15) is 0 Å². The maximum absolute atomic E-state index is 13.5. The summed E-state index contributed by atoms with van der Waals surface area (Å²) in [5, 5.41) is 0. The second-order valence-corrected chi connectivity index (χ2v) is 12.1. The fourth-order valence-corrected chi connectivity index (χ4v) is 6.01. The third-order valence-corrected chi connectivity index (χ3v) is 8.41. The Morgan fingerprint density at radius 2 is 1.77 bits per heavy atom. The molecule has 0 unspecified atom stereocenters. The topological polar surface area (TPSA) is 137 Å². The summed E-state index contributed by atoms with van der Waals surface area (Å²) in [5.41, 5.74) is -0.0384. The predicted molar refractivity (Wildman–Crippen MR) is 160 cm³/mol. The minimum atomic E-state index is -0.720. The molecule has 2 fully saturated rings. The zero-order chi connectivity index (χ0) is 32.1. The highest BCUT2D eigenvalue weighted by atomic mass is 16.7. The van der Waals surface area contributed by atoms with E-state index in [0.717, 1.165) is 25.7 Å². The molecular weight excluding hydrogens is 570 g/mol. The molecule has 1 aliphatic carbocycles. The molecule has 2 aliphatic rings. The van der Waals surface area contributed by atoms with Crippen molar-refractivity contribution in [2.75, 3.05) is 27.1 Å². The molecule has 2 heterocycles. The van der Waals surface area contributed by atoms with Crippen LogP contribution in [0.15, 0.2) is 12.3 Å². The van der Waals surface area contributed by atoms with E-state index in [2.05, 4.69) is 4.98 Å². The average molecular weight is 620 g/mol. The van der Waals surface area contributed by atoms with Crippen LogP contribution in [0.3, 0.4) is 0 Å². The number of carbonyl (C=O) groups is 4. The van der Waals surface area contributed by atoms with Crippen LogP contribution < -0.4 is 9.47 Å². The number of hydrogen-bond acceptors (Lipinski definition) is 11. The molecule has 11 heteroatoms. The van der Waals surface area contributed by atoms with E-state index in [-0.39, 0.29) is 48.0 Å². The summed E-state index contributed by atoms with van der Waals surface area (Å²) in [5.74, 6) is -1.95. The van der Waals surface area contributed by atoms with Gasteiger partial charge in [-0.3, -0.25) is 14.4 Å². The third-order valence-electron chi connectivity index (χ3n) is 8.41. The van der Waals surface area contributed by atoms with Crippen LogP contribution in [0.4, 0.5) is 0 Å². The van der Waals surface area contributed by atoms with Crippen LogP contribution in [0.1, 0.15) is 102 Å². The normalized spacial score (nSPS) is 23.1. The Kier molecular flexibility index (Phi) is 14.4. The largest absolute Gasteiger partial charge is 0.493 e. The zero-order valence-corrected chi connectivity index (χ0v) is 26.8. The number of methoxy groups -OCH3 is 1. The Labute approximate surface area is 260 Å². The fraction of sp³-hybridized carbons (Fsp3) is 0.727. The molecule has 1 aromatic rings. The molecular formula is C33H49NO10. The summed E-state index contributed by atoms with van der Waals surface area (Å²) in [6, 6.07) is 1.52. The Morgan fingerprint density at radius 3 is 2.45 bits per heavy atom. The summed E-state index contributed by atoms with van der Waals surface area (Å²) < 4.78 is 33.0. The molecule has 0 bridgehead atoms. The van der Waals surface area contributed by atoms with Gasteiger partial charge in [0.15, 0.2) is 23.0 Å². The van der Waals surface area contributed by atoms with Gasteiger partial charge in [0.1, 0.15) is 18.8 Å². The molecule has 1 saturated carbocycles. The van der Waals surface area contributed by atoms with Crippen LogP contribution in [0.25, 0.3) is 0 Å². The molecule has 1 aromatic heterocycles. The van der Waals surface area contributed by atoms with Crippen molar-refractivity contribution in [2.24, 2.45) is 23.7 Å². The van der Waals surface area contributed by atoms with Gasteiger partial charge in [0.25, 0.3) is 0 Å². The van der Waals surface area contributed by atoms with Crippen LogP contribution in [0, 0.1) is 23.7 Å². The number of nitrogens with zero attached hydrogens (tertiary/aromatic N) is 1. The minimum Gasteiger partial charge on any atom is -0.493 e. The smallest absolute Gasteiger partial charge is 0.334 e. The van der Waals surface area contributed by atoms with Gasteiger partial charge in [-0.15, -0.1) is 0 Å². The van der Waals surface area contributed by atoms with Crippen molar-refractivity contribution in [3.63, 3.8) is 0 Å². The van der Waals surface area contributed by atoms with Crippen LogP contribution in [0.5, 0.6) is 11.5 Å². The summed E-state index contributed by atoms with van der Waals surface area (Å²) in [4.78, 5) is 55.8. The number of cyclic esters (lactones) is 1. The number of Topliss-reactive ketones (excluding diaryl/α,β-unsaturated/α-hetero) is 1. The van der Waals surface area contributed by atoms with E-state index in [0.29, 0.717) is 18.9 Å². The number of ether oxygens (including phenoxy) is 6. The van der Waals surface area contributed by atoms with Crippen molar-refractivity contribution in [1.29, 1.82) is 0 Å². The first kappa shape index (κ1) is 35.3. The molecule has 0 N–H and O–H groups in total. The van der Waals surface area contributed by atoms with Crippen molar-refractivity contribution in [2.45, 2.75) is 104 Å². The van der Waals surface area contributed by atoms with Crippen LogP contribution in [-0.2, 0) is 33.3 Å². The first-order valence-electron chi connectivity index (χ1n) is 16.0. The van der Waals surface area contributed by atoms with Gasteiger partial charge in [0.05, 0.1) is 18.9 Å². The SMILES string of the molecule is CCOCC(=O)OCOc1c(OC)ccnc1C(=O)C[C@H]1CCCC[C@H](CC2CCCC2)[C@@H](OC(=O)C(C)C)[C@H](C)OC1=O. The highest BCUT2D eigenvalue weighted by molar-refractivity contribution is 5.99. The molecule has 246 valence electrons. The maximum atomic E-state index is 13.5. The first-order valence-corrected chi connectivity index (χ1v) is 16.0. The van der Waals surface area contributed by atoms with Gasteiger partial charge in [0.2, 0.25) is 6.79 Å². The molecule has 44 heavy (non-hydrogen) atoms. The second-order valence-electron chi connectivity index (χ2n) is 12.1. The van der Waals surface area contributed by atoms with Gasteiger partial charge in [-0.25, -0.2) is 9.78 Å². The molecule has 0 spiro atoms. The van der Waals surface area contributed by atoms with Gasteiger partial charge in [-0.1, -0.05) is 52.4 Å². The maximum Gasteiger partial charge on any atom is 0.334 e. The lowest BCUT2D eigenvalue weighted by Gasteiger charge is -2.35. The highest BCUT2D eigenvalue weighted by Crippen LogP contribution is 2.37. The average Bonchev–Trinajstić information content (AvgIpc) is 3.52. The number of pyridine rings is 1. The van der Waals surface area contributed by atoms with Gasteiger partial charge >= 0.3 is 17.9 Å². The first-order chi connectivity index (χ1) is 21.1. The fourth-order valence-electron chi connectivity index (χ4n) is 6.01. The van der Waals surface area contributed by atoms with Crippen LogP contribution >= 0.6 is 0 Å². The summed E-state index contributed by atoms with van der Waals surface area (Å²) in [6.45, 7) is 6.78. The second kappa shape index (κ2) is 17.9. The lowest BCUT2D eigenvalue weighted by molar-refractivity contribution is -0.177. The quantitative estimate of drug-likeness (QED) is 0.114. The molecule has 0 amide bonds. The number of carbonyl (C=O) groups excluding carboxylic acids is 4. The van der Waals surface area contributed by atoms with Gasteiger partial charge in [0, 0.05) is 25.3 Å². The molecule has 0 aromatic carbocycles. The number of ketones is 1. The summed E-state index contributed by atoms with van der Waals surface area (Å²) in [6.07, 6.45) is 8.69. The summed E-state index contributed by atoms with van der Waals surface area (Å²) >= 11 is 0. The third kappa shape index (κ3) is 10.5.